The molecule has 4 aliphatic heterocycles. The largest absolute Gasteiger partial charge is 0.454 e. The molecular formula is C26H30N4O3. The third-order valence-electron chi connectivity index (χ3n) is 7.75. The molecule has 1 spiro atoms. The van der Waals surface area contributed by atoms with E-state index in [4.69, 9.17) is 15.2 Å². The number of nitrogens with zero attached hydrogens (tertiary/aromatic N) is 3. The average molecular weight is 447 g/mol. The first-order chi connectivity index (χ1) is 16.0. The number of ether oxygens (including phenoxy) is 2. The van der Waals surface area contributed by atoms with Gasteiger partial charge in [0, 0.05) is 36.3 Å². The minimum absolute atomic E-state index is 0.0907. The molecule has 1 saturated heterocycles. The first kappa shape index (κ1) is 20.5. The van der Waals surface area contributed by atoms with Crippen LogP contribution in [0.4, 0.5) is 11.4 Å². The number of amidine groups is 1. The maximum atomic E-state index is 14.3. The summed E-state index contributed by atoms with van der Waals surface area (Å²) in [4.78, 5) is 23.5. The number of likely N-dealkylation sites (tertiary alicyclic amines) is 1. The number of rotatable bonds is 3. The fourth-order valence-electron chi connectivity index (χ4n) is 5.97. The Kier molecular flexibility index (Phi) is 4.66. The Hall–Kier alpha value is -3.06. The van der Waals surface area contributed by atoms with Crippen LogP contribution in [-0.4, -0.2) is 49.1 Å². The lowest BCUT2D eigenvalue weighted by molar-refractivity contribution is -0.121. The Bertz CT molecular complexity index is 1150. The fourth-order valence-corrected chi connectivity index (χ4v) is 5.97. The summed E-state index contributed by atoms with van der Waals surface area (Å²) in [6.07, 6.45) is 2.59. The van der Waals surface area contributed by atoms with Gasteiger partial charge in [-0.2, -0.15) is 0 Å². The molecule has 1 fully saturated rings. The number of piperidine rings is 1. The number of aliphatic imine (C=N–C) groups is 1. The van der Waals surface area contributed by atoms with Gasteiger partial charge in [-0.3, -0.25) is 4.79 Å². The minimum atomic E-state index is -0.878. The van der Waals surface area contributed by atoms with Crippen molar-refractivity contribution in [2.24, 2.45) is 16.6 Å². The van der Waals surface area contributed by atoms with E-state index < -0.39 is 5.41 Å². The molecule has 2 N–H and O–H groups in total. The molecule has 1 amide bonds. The van der Waals surface area contributed by atoms with Crippen molar-refractivity contribution in [2.75, 3.05) is 31.3 Å². The molecule has 0 aliphatic carbocycles. The number of benzene rings is 2. The van der Waals surface area contributed by atoms with Crippen LogP contribution in [0.25, 0.3) is 0 Å². The molecule has 4 aliphatic rings. The standard InChI is InChI=1S/C26H30N4O3/c1-16(2)29-9-7-17(8-10-29)14-30-21-6-4-3-5-18(21)26(25(30)31)13-24(27)28-20-12-23-22(11-19(20)26)32-15-33-23/h3-6,11-12,16-17H,7-10,13-15H2,1-2H3,(H2,27,28). The first-order valence-corrected chi connectivity index (χ1v) is 11.9. The Morgan fingerprint density at radius 3 is 2.61 bits per heavy atom. The number of hydrogen-bond acceptors (Lipinski definition) is 6. The minimum Gasteiger partial charge on any atom is -0.454 e. The van der Waals surface area contributed by atoms with E-state index in [-0.39, 0.29) is 12.7 Å². The van der Waals surface area contributed by atoms with Crippen molar-refractivity contribution in [2.45, 2.75) is 44.6 Å². The highest BCUT2D eigenvalue weighted by molar-refractivity contribution is 6.14. The van der Waals surface area contributed by atoms with Gasteiger partial charge in [0.1, 0.15) is 11.3 Å². The van der Waals surface area contributed by atoms with Crippen LogP contribution in [0.3, 0.4) is 0 Å². The Balaban J connectivity index is 1.40. The summed E-state index contributed by atoms with van der Waals surface area (Å²) in [5.74, 6) is 2.35. The Morgan fingerprint density at radius 2 is 1.85 bits per heavy atom. The van der Waals surface area contributed by atoms with Gasteiger partial charge >= 0.3 is 0 Å². The SMILES string of the molecule is CC(C)N1CCC(CN2C(=O)C3(CC(N)=Nc4cc5c(cc43)OCO5)c3ccccc32)CC1. The molecule has 172 valence electrons. The van der Waals surface area contributed by atoms with Crippen molar-refractivity contribution >= 4 is 23.1 Å². The van der Waals surface area contributed by atoms with E-state index in [1.54, 1.807) is 0 Å². The van der Waals surface area contributed by atoms with Gasteiger partial charge in [-0.15, -0.1) is 0 Å². The predicted molar refractivity (Wildman–Crippen MR) is 127 cm³/mol. The highest BCUT2D eigenvalue weighted by Crippen LogP contribution is 2.55. The van der Waals surface area contributed by atoms with Gasteiger partial charge in [0.15, 0.2) is 11.5 Å². The lowest BCUT2D eigenvalue weighted by Crippen LogP contribution is -2.47. The molecule has 4 heterocycles. The van der Waals surface area contributed by atoms with E-state index in [0.717, 1.165) is 49.3 Å². The maximum absolute atomic E-state index is 14.3. The van der Waals surface area contributed by atoms with Crippen LogP contribution in [0.15, 0.2) is 41.4 Å². The van der Waals surface area contributed by atoms with Crippen molar-refractivity contribution in [3.63, 3.8) is 0 Å². The lowest BCUT2D eigenvalue weighted by atomic mass is 9.70. The van der Waals surface area contributed by atoms with Crippen molar-refractivity contribution in [3.05, 3.63) is 47.5 Å². The second-order valence-corrected chi connectivity index (χ2v) is 9.91. The number of para-hydroxylation sites is 1. The molecule has 0 aromatic heterocycles. The molecule has 0 saturated carbocycles. The quantitative estimate of drug-likeness (QED) is 0.780. The summed E-state index contributed by atoms with van der Waals surface area (Å²) >= 11 is 0. The molecule has 1 unspecified atom stereocenters. The number of carbonyl (C=O) groups excluding carboxylic acids is 1. The predicted octanol–water partition coefficient (Wildman–Crippen LogP) is 3.56. The number of hydrogen-bond donors (Lipinski definition) is 1. The number of carbonyl (C=O) groups is 1. The monoisotopic (exact) mass is 446 g/mol. The van der Waals surface area contributed by atoms with E-state index in [2.05, 4.69) is 35.9 Å². The van der Waals surface area contributed by atoms with Gasteiger partial charge < -0.3 is 25.0 Å². The van der Waals surface area contributed by atoms with Crippen LogP contribution in [0.1, 0.15) is 44.2 Å². The number of amides is 1. The maximum Gasteiger partial charge on any atom is 0.242 e. The molecule has 2 aromatic carbocycles. The van der Waals surface area contributed by atoms with Crippen LogP contribution in [-0.2, 0) is 10.2 Å². The zero-order chi connectivity index (χ0) is 22.7. The number of anilines is 1. The van der Waals surface area contributed by atoms with Crippen molar-refractivity contribution in [3.8, 4) is 11.5 Å². The molecule has 6 rings (SSSR count). The smallest absolute Gasteiger partial charge is 0.242 e. The third kappa shape index (κ3) is 3.05. The molecule has 7 heteroatoms. The van der Waals surface area contributed by atoms with Crippen molar-refractivity contribution in [1.82, 2.24) is 4.90 Å². The van der Waals surface area contributed by atoms with Crippen LogP contribution >= 0.6 is 0 Å². The number of fused-ring (bicyclic) bond motifs is 5. The van der Waals surface area contributed by atoms with Gasteiger partial charge in [0.2, 0.25) is 12.7 Å². The Labute approximate surface area is 194 Å². The molecular weight excluding hydrogens is 416 g/mol. The van der Waals surface area contributed by atoms with Gasteiger partial charge in [-0.1, -0.05) is 18.2 Å². The summed E-state index contributed by atoms with van der Waals surface area (Å²) in [6, 6.07) is 12.5. The summed E-state index contributed by atoms with van der Waals surface area (Å²) < 4.78 is 11.2. The topological polar surface area (TPSA) is 80.4 Å². The summed E-state index contributed by atoms with van der Waals surface area (Å²) in [6.45, 7) is 7.59. The fraction of sp³-hybridized carbons (Fsp3) is 0.462. The molecule has 1 atom stereocenters. The first-order valence-electron chi connectivity index (χ1n) is 11.9. The van der Waals surface area contributed by atoms with Crippen LogP contribution in [0.5, 0.6) is 11.5 Å². The van der Waals surface area contributed by atoms with Gasteiger partial charge in [-0.25, -0.2) is 4.99 Å². The molecule has 33 heavy (non-hydrogen) atoms. The zero-order valence-electron chi connectivity index (χ0n) is 19.2. The zero-order valence-corrected chi connectivity index (χ0v) is 19.2. The second-order valence-electron chi connectivity index (χ2n) is 9.91. The van der Waals surface area contributed by atoms with Crippen LogP contribution < -0.4 is 20.1 Å². The third-order valence-corrected chi connectivity index (χ3v) is 7.75. The van der Waals surface area contributed by atoms with E-state index in [9.17, 15) is 4.79 Å². The lowest BCUT2D eigenvalue weighted by Gasteiger charge is -2.37. The van der Waals surface area contributed by atoms with Crippen LogP contribution in [0.2, 0.25) is 0 Å². The van der Waals surface area contributed by atoms with E-state index in [1.165, 1.54) is 0 Å². The molecule has 2 aromatic rings. The Morgan fingerprint density at radius 1 is 1.12 bits per heavy atom. The number of nitrogens with two attached hydrogens (primary N) is 1. The summed E-state index contributed by atoms with van der Waals surface area (Å²) in [5.41, 5.74) is 9.02. The molecule has 7 nitrogen and oxygen atoms in total. The average Bonchev–Trinajstić information content (AvgIpc) is 3.35. The van der Waals surface area contributed by atoms with E-state index in [1.807, 2.05) is 29.2 Å². The molecule has 0 radical (unpaired) electrons. The van der Waals surface area contributed by atoms with Crippen LogP contribution in [0, 0.1) is 5.92 Å². The summed E-state index contributed by atoms with van der Waals surface area (Å²) in [7, 11) is 0. The van der Waals surface area contributed by atoms with Gasteiger partial charge in [0.05, 0.1) is 5.69 Å². The van der Waals surface area contributed by atoms with E-state index in [0.29, 0.717) is 41.4 Å². The van der Waals surface area contributed by atoms with Gasteiger partial charge in [0.25, 0.3) is 0 Å². The highest BCUT2D eigenvalue weighted by atomic mass is 16.7. The normalized spacial score (nSPS) is 24.4. The van der Waals surface area contributed by atoms with E-state index >= 15 is 0 Å². The van der Waals surface area contributed by atoms with Crippen molar-refractivity contribution < 1.29 is 14.3 Å². The molecule has 0 bridgehead atoms. The summed E-state index contributed by atoms with van der Waals surface area (Å²) in [5, 5.41) is 0. The van der Waals surface area contributed by atoms with Crippen molar-refractivity contribution in [1.29, 1.82) is 0 Å². The highest BCUT2D eigenvalue weighted by Gasteiger charge is 2.55. The van der Waals surface area contributed by atoms with Gasteiger partial charge in [-0.05, 0) is 63.4 Å². The second kappa shape index (κ2) is 7.48.